The first-order valence-corrected chi connectivity index (χ1v) is 4.80. The maximum atomic E-state index is 11.5. The molecule has 3 nitrogen and oxygen atoms in total. The lowest BCUT2D eigenvalue weighted by atomic mass is 10.2. The van der Waals surface area contributed by atoms with Crippen LogP contribution >= 0.6 is 0 Å². The fraction of sp³-hybridized carbons (Fsp3) is 0.250. The summed E-state index contributed by atoms with van der Waals surface area (Å²) in [6.07, 6.45) is 1.93. The van der Waals surface area contributed by atoms with Gasteiger partial charge in [0.2, 0.25) is 0 Å². The van der Waals surface area contributed by atoms with Gasteiger partial charge in [0.1, 0.15) is 5.75 Å². The fourth-order valence-corrected chi connectivity index (χ4v) is 1.10. The van der Waals surface area contributed by atoms with Crippen molar-refractivity contribution in [2.24, 2.45) is 0 Å². The standard InChI is InChI=1S/C12H15NO2/c1-9(2)6-7-13-12(15)10-4-3-5-11(14)8-10/h3-6,8,14H,7H2,1-2H3,(H,13,15). The maximum absolute atomic E-state index is 11.5. The highest BCUT2D eigenvalue weighted by atomic mass is 16.3. The number of hydrogen-bond donors (Lipinski definition) is 2. The van der Waals surface area contributed by atoms with Crippen molar-refractivity contribution in [2.45, 2.75) is 13.8 Å². The summed E-state index contributed by atoms with van der Waals surface area (Å²) in [5, 5.41) is 11.9. The first-order chi connectivity index (χ1) is 7.09. The average Bonchev–Trinajstić information content (AvgIpc) is 2.17. The number of hydrogen-bond acceptors (Lipinski definition) is 2. The van der Waals surface area contributed by atoms with Crippen molar-refractivity contribution in [1.29, 1.82) is 0 Å². The fourth-order valence-electron chi connectivity index (χ4n) is 1.10. The van der Waals surface area contributed by atoms with Gasteiger partial charge in [0.25, 0.3) is 5.91 Å². The molecule has 0 aliphatic rings. The molecule has 0 spiro atoms. The Kier molecular flexibility index (Phi) is 3.92. The van der Waals surface area contributed by atoms with Crippen LogP contribution in [0.5, 0.6) is 5.75 Å². The number of phenols is 1. The molecular weight excluding hydrogens is 190 g/mol. The Labute approximate surface area is 89.4 Å². The Morgan fingerprint density at radius 3 is 2.80 bits per heavy atom. The molecule has 2 N–H and O–H groups in total. The molecule has 0 bridgehead atoms. The average molecular weight is 205 g/mol. The summed E-state index contributed by atoms with van der Waals surface area (Å²) in [4.78, 5) is 11.5. The van der Waals surface area contributed by atoms with E-state index < -0.39 is 0 Å². The molecular formula is C12H15NO2. The Morgan fingerprint density at radius 1 is 1.47 bits per heavy atom. The van der Waals surface area contributed by atoms with Gasteiger partial charge in [-0.25, -0.2) is 0 Å². The number of phenolic OH excluding ortho intramolecular Hbond substituents is 1. The van der Waals surface area contributed by atoms with E-state index in [9.17, 15) is 9.90 Å². The molecule has 0 aromatic heterocycles. The molecule has 0 unspecified atom stereocenters. The van der Waals surface area contributed by atoms with Crippen LogP contribution in [0.3, 0.4) is 0 Å². The highest BCUT2D eigenvalue weighted by molar-refractivity contribution is 5.94. The van der Waals surface area contributed by atoms with Gasteiger partial charge in [-0.3, -0.25) is 4.79 Å². The predicted octanol–water partition coefficient (Wildman–Crippen LogP) is 2.09. The summed E-state index contributed by atoms with van der Waals surface area (Å²) in [7, 11) is 0. The lowest BCUT2D eigenvalue weighted by Gasteiger charge is -2.02. The van der Waals surface area contributed by atoms with E-state index in [1.807, 2.05) is 19.9 Å². The zero-order chi connectivity index (χ0) is 11.3. The molecule has 3 heteroatoms. The van der Waals surface area contributed by atoms with E-state index in [0.717, 1.165) is 5.57 Å². The van der Waals surface area contributed by atoms with Crippen molar-refractivity contribution >= 4 is 5.91 Å². The summed E-state index contributed by atoms with van der Waals surface area (Å²) in [6.45, 7) is 4.46. The molecule has 0 fully saturated rings. The number of aromatic hydroxyl groups is 1. The molecule has 1 aromatic carbocycles. The monoisotopic (exact) mass is 205 g/mol. The Balaban J connectivity index is 2.58. The third kappa shape index (κ3) is 3.85. The lowest BCUT2D eigenvalue weighted by molar-refractivity contribution is 0.0957. The number of carbonyl (C=O) groups excluding carboxylic acids is 1. The predicted molar refractivity (Wildman–Crippen MR) is 59.9 cm³/mol. The minimum atomic E-state index is -0.177. The number of rotatable bonds is 3. The van der Waals surface area contributed by atoms with Crippen LogP contribution < -0.4 is 5.32 Å². The lowest BCUT2D eigenvalue weighted by Crippen LogP contribution is -2.23. The van der Waals surface area contributed by atoms with E-state index in [0.29, 0.717) is 12.1 Å². The number of nitrogens with one attached hydrogen (secondary N) is 1. The molecule has 15 heavy (non-hydrogen) atoms. The summed E-state index contributed by atoms with van der Waals surface area (Å²) < 4.78 is 0. The topological polar surface area (TPSA) is 49.3 Å². The van der Waals surface area contributed by atoms with Crippen LogP contribution in [-0.2, 0) is 0 Å². The molecule has 0 saturated heterocycles. The first-order valence-electron chi connectivity index (χ1n) is 4.80. The maximum Gasteiger partial charge on any atom is 0.251 e. The van der Waals surface area contributed by atoms with E-state index in [1.165, 1.54) is 12.1 Å². The number of carbonyl (C=O) groups is 1. The van der Waals surface area contributed by atoms with Crippen molar-refractivity contribution in [3.8, 4) is 5.75 Å². The summed E-state index contributed by atoms with van der Waals surface area (Å²) in [5.41, 5.74) is 1.63. The van der Waals surface area contributed by atoms with Gasteiger partial charge in [-0.1, -0.05) is 17.7 Å². The van der Waals surface area contributed by atoms with Gasteiger partial charge in [-0.2, -0.15) is 0 Å². The van der Waals surface area contributed by atoms with Crippen LogP contribution in [0.2, 0.25) is 0 Å². The van der Waals surface area contributed by atoms with Gasteiger partial charge >= 0.3 is 0 Å². The van der Waals surface area contributed by atoms with Crippen molar-refractivity contribution < 1.29 is 9.90 Å². The summed E-state index contributed by atoms with van der Waals surface area (Å²) in [6, 6.07) is 6.29. The quantitative estimate of drug-likeness (QED) is 0.742. The second-order valence-electron chi connectivity index (χ2n) is 3.54. The van der Waals surface area contributed by atoms with Crippen molar-refractivity contribution in [1.82, 2.24) is 5.32 Å². The molecule has 0 heterocycles. The smallest absolute Gasteiger partial charge is 0.251 e. The zero-order valence-corrected chi connectivity index (χ0v) is 8.95. The number of amides is 1. The van der Waals surface area contributed by atoms with E-state index in [-0.39, 0.29) is 11.7 Å². The second kappa shape index (κ2) is 5.20. The van der Waals surface area contributed by atoms with Crippen LogP contribution in [-0.4, -0.2) is 17.6 Å². The first kappa shape index (κ1) is 11.3. The van der Waals surface area contributed by atoms with Crippen molar-refractivity contribution in [3.05, 3.63) is 41.5 Å². The molecule has 0 aliphatic carbocycles. The minimum Gasteiger partial charge on any atom is -0.508 e. The van der Waals surface area contributed by atoms with Crippen LogP contribution in [0, 0.1) is 0 Å². The van der Waals surface area contributed by atoms with Gasteiger partial charge in [0, 0.05) is 12.1 Å². The van der Waals surface area contributed by atoms with Gasteiger partial charge in [0.15, 0.2) is 0 Å². The van der Waals surface area contributed by atoms with Crippen molar-refractivity contribution in [2.75, 3.05) is 6.54 Å². The summed E-state index contributed by atoms with van der Waals surface area (Å²) >= 11 is 0. The van der Waals surface area contributed by atoms with E-state index in [2.05, 4.69) is 5.32 Å². The molecule has 0 aliphatic heterocycles. The molecule has 80 valence electrons. The molecule has 0 saturated carbocycles. The SMILES string of the molecule is CC(C)=CCNC(=O)c1cccc(O)c1. The molecule has 1 aromatic rings. The Bertz CT molecular complexity index is 379. The molecule has 1 amide bonds. The molecule has 0 radical (unpaired) electrons. The van der Waals surface area contributed by atoms with Crippen LogP contribution in [0.15, 0.2) is 35.9 Å². The summed E-state index contributed by atoms with van der Waals surface area (Å²) in [5.74, 6) is -0.0757. The van der Waals surface area contributed by atoms with Gasteiger partial charge in [-0.05, 0) is 32.0 Å². The van der Waals surface area contributed by atoms with Gasteiger partial charge < -0.3 is 10.4 Å². The van der Waals surface area contributed by atoms with E-state index >= 15 is 0 Å². The normalized spacial score (nSPS) is 9.47. The van der Waals surface area contributed by atoms with Crippen molar-refractivity contribution in [3.63, 3.8) is 0 Å². The van der Waals surface area contributed by atoms with Gasteiger partial charge in [0.05, 0.1) is 0 Å². The molecule has 0 atom stereocenters. The third-order valence-corrected chi connectivity index (χ3v) is 1.88. The van der Waals surface area contributed by atoms with Crippen LogP contribution in [0.4, 0.5) is 0 Å². The number of benzene rings is 1. The Hall–Kier alpha value is -1.77. The van der Waals surface area contributed by atoms with Crippen LogP contribution in [0.25, 0.3) is 0 Å². The van der Waals surface area contributed by atoms with Crippen LogP contribution in [0.1, 0.15) is 24.2 Å². The zero-order valence-electron chi connectivity index (χ0n) is 8.95. The van der Waals surface area contributed by atoms with Gasteiger partial charge in [-0.15, -0.1) is 0 Å². The highest BCUT2D eigenvalue weighted by Crippen LogP contribution is 2.10. The molecule has 1 rings (SSSR count). The minimum absolute atomic E-state index is 0.102. The number of allylic oxidation sites excluding steroid dienone is 1. The largest absolute Gasteiger partial charge is 0.508 e. The Morgan fingerprint density at radius 2 is 2.20 bits per heavy atom. The third-order valence-electron chi connectivity index (χ3n) is 1.88. The van der Waals surface area contributed by atoms with E-state index in [1.54, 1.807) is 12.1 Å². The van der Waals surface area contributed by atoms with E-state index in [4.69, 9.17) is 0 Å². The highest BCUT2D eigenvalue weighted by Gasteiger charge is 2.03. The second-order valence-corrected chi connectivity index (χ2v) is 3.54.